The van der Waals surface area contributed by atoms with Gasteiger partial charge in [0.15, 0.2) is 5.11 Å². The first-order valence-electron chi connectivity index (χ1n) is 6.40. The molecule has 0 radical (unpaired) electrons. The van der Waals surface area contributed by atoms with Gasteiger partial charge in [0.25, 0.3) is 5.69 Å². The minimum atomic E-state index is -0.414. The van der Waals surface area contributed by atoms with Crippen molar-refractivity contribution in [2.24, 2.45) is 0 Å². The summed E-state index contributed by atoms with van der Waals surface area (Å²) in [6.45, 7) is 2.42. The second kappa shape index (κ2) is 6.81. The zero-order valence-electron chi connectivity index (χ0n) is 11.5. The average molecular weight is 301 g/mol. The molecule has 0 amide bonds. The van der Waals surface area contributed by atoms with E-state index in [4.69, 9.17) is 12.2 Å². The summed E-state index contributed by atoms with van der Waals surface area (Å²) in [6, 6.07) is 14.5. The number of nitro groups is 1. The molecular formula is C15H15N3O2S. The van der Waals surface area contributed by atoms with Gasteiger partial charge in [0, 0.05) is 24.4 Å². The van der Waals surface area contributed by atoms with Crippen LogP contribution in [0, 0.1) is 17.0 Å². The normalized spacial score (nSPS) is 9.95. The molecular weight excluding hydrogens is 286 g/mol. The smallest absolute Gasteiger partial charge is 0.269 e. The molecule has 0 aromatic heterocycles. The van der Waals surface area contributed by atoms with E-state index >= 15 is 0 Å². The number of anilines is 1. The molecule has 6 heteroatoms. The van der Waals surface area contributed by atoms with Crippen molar-refractivity contribution in [3.8, 4) is 0 Å². The van der Waals surface area contributed by atoms with Gasteiger partial charge in [-0.1, -0.05) is 30.3 Å². The number of nitrogens with one attached hydrogen (secondary N) is 2. The number of hydrogen-bond donors (Lipinski definition) is 2. The highest BCUT2D eigenvalue weighted by molar-refractivity contribution is 7.80. The third kappa shape index (κ3) is 4.25. The van der Waals surface area contributed by atoms with Gasteiger partial charge in [-0.3, -0.25) is 10.1 Å². The van der Waals surface area contributed by atoms with Crippen molar-refractivity contribution in [1.29, 1.82) is 0 Å². The van der Waals surface area contributed by atoms with E-state index in [1.54, 1.807) is 13.0 Å². The summed E-state index contributed by atoms with van der Waals surface area (Å²) < 4.78 is 0. The maximum absolute atomic E-state index is 10.7. The van der Waals surface area contributed by atoms with E-state index in [-0.39, 0.29) is 5.69 Å². The van der Waals surface area contributed by atoms with E-state index in [0.29, 0.717) is 11.7 Å². The van der Waals surface area contributed by atoms with Gasteiger partial charge in [0.1, 0.15) is 0 Å². The molecule has 5 nitrogen and oxygen atoms in total. The molecule has 2 aromatic rings. The van der Waals surface area contributed by atoms with Crippen molar-refractivity contribution < 1.29 is 4.92 Å². The molecule has 0 unspecified atom stereocenters. The van der Waals surface area contributed by atoms with Crippen molar-refractivity contribution in [2.45, 2.75) is 13.5 Å². The largest absolute Gasteiger partial charge is 0.358 e. The first-order chi connectivity index (χ1) is 10.1. The average Bonchev–Trinajstić information content (AvgIpc) is 2.48. The Balaban J connectivity index is 1.95. The van der Waals surface area contributed by atoms with Crippen LogP contribution >= 0.6 is 12.2 Å². The lowest BCUT2D eigenvalue weighted by Crippen LogP contribution is -2.28. The molecule has 21 heavy (non-hydrogen) atoms. The second-order valence-corrected chi connectivity index (χ2v) is 4.96. The quantitative estimate of drug-likeness (QED) is 0.515. The van der Waals surface area contributed by atoms with Crippen LogP contribution in [0.5, 0.6) is 0 Å². The molecule has 0 aliphatic rings. The van der Waals surface area contributed by atoms with Crippen LogP contribution in [0.25, 0.3) is 0 Å². The van der Waals surface area contributed by atoms with Crippen LogP contribution < -0.4 is 10.6 Å². The van der Waals surface area contributed by atoms with E-state index in [1.165, 1.54) is 12.1 Å². The fourth-order valence-corrected chi connectivity index (χ4v) is 2.03. The van der Waals surface area contributed by atoms with Crippen LogP contribution in [0.4, 0.5) is 11.4 Å². The summed E-state index contributed by atoms with van der Waals surface area (Å²) in [5, 5.41) is 17.3. The minimum absolute atomic E-state index is 0.0706. The van der Waals surface area contributed by atoms with Crippen molar-refractivity contribution in [1.82, 2.24) is 5.32 Å². The molecule has 2 aromatic carbocycles. The Kier molecular flexibility index (Phi) is 4.84. The van der Waals surface area contributed by atoms with E-state index in [1.807, 2.05) is 30.3 Å². The molecule has 0 spiro atoms. The Hall–Kier alpha value is -2.47. The number of rotatable bonds is 4. The number of thiocarbonyl (C=S) groups is 1. The van der Waals surface area contributed by atoms with Gasteiger partial charge in [-0.25, -0.2) is 0 Å². The van der Waals surface area contributed by atoms with Crippen LogP contribution in [0.3, 0.4) is 0 Å². The standard InChI is InChI=1S/C15H15N3O2S/c1-11-9-13(18(19)20)7-8-14(11)17-15(21)16-10-12-5-3-2-4-6-12/h2-9H,10H2,1H3,(H2,16,17,21). The number of nitro benzene ring substituents is 1. The van der Waals surface area contributed by atoms with Gasteiger partial charge in [-0.15, -0.1) is 0 Å². The molecule has 0 atom stereocenters. The first kappa shape index (κ1) is 14.9. The molecule has 2 rings (SSSR count). The van der Waals surface area contributed by atoms with E-state index in [2.05, 4.69) is 10.6 Å². The van der Waals surface area contributed by atoms with Crippen LogP contribution in [0.2, 0.25) is 0 Å². The van der Waals surface area contributed by atoms with Gasteiger partial charge in [0.2, 0.25) is 0 Å². The maximum Gasteiger partial charge on any atom is 0.269 e. The van der Waals surface area contributed by atoms with Crippen LogP contribution in [-0.4, -0.2) is 10.0 Å². The minimum Gasteiger partial charge on any atom is -0.358 e. The Morgan fingerprint density at radius 1 is 1.24 bits per heavy atom. The molecule has 0 bridgehead atoms. The Morgan fingerprint density at radius 3 is 2.57 bits per heavy atom. The third-order valence-corrected chi connectivity index (χ3v) is 3.21. The summed E-state index contributed by atoms with van der Waals surface area (Å²) in [6.07, 6.45) is 0. The highest BCUT2D eigenvalue weighted by atomic mass is 32.1. The fourth-order valence-electron chi connectivity index (χ4n) is 1.85. The van der Waals surface area contributed by atoms with Gasteiger partial charge in [-0.2, -0.15) is 0 Å². The van der Waals surface area contributed by atoms with Crippen molar-refractivity contribution in [3.05, 3.63) is 69.8 Å². The fraction of sp³-hybridized carbons (Fsp3) is 0.133. The summed E-state index contributed by atoms with van der Waals surface area (Å²) in [5.41, 5.74) is 2.72. The monoisotopic (exact) mass is 301 g/mol. The predicted molar refractivity (Wildman–Crippen MR) is 87.3 cm³/mol. The second-order valence-electron chi connectivity index (χ2n) is 4.55. The van der Waals surface area contributed by atoms with E-state index in [0.717, 1.165) is 16.8 Å². The Bertz CT molecular complexity index is 659. The first-order valence-corrected chi connectivity index (χ1v) is 6.81. The zero-order chi connectivity index (χ0) is 15.2. The molecule has 108 valence electrons. The molecule has 0 saturated carbocycles. The lowest BCUT2D eigenvalue weighted by molar-refractivity contribution is -0.384. The Labute approximate surface area is 128 Å². The molecule has 0 saturated heterocycles. The van der Waals surface area contributed by atoms with E-state index < -0.39 is 4.92 Å². The SMILES string of the molecule is Cc1cc([N+](=O)[O-])ccc1NC(=S)NCc1ccccc1. The van der Waals surface area contributed by atoms with E-state index in [9.17, 15) is 10.1 Å². The highest BCUT2D eigenvalue weighted by Gasteiger charge is 2.08. The van der Waals surface area contributed by atoms with Crippen molar-refractivity contribution in [3.63, 3.8) is 0 Å². The lowest BCUT2D eigenvalue weighted by Gasteiger charge is -2.12. The summed E-state index contributed by atoms with van der Waals surface area (Å²) in [7, 11) is 0. The summed E-state index contributed by atoms with van der Waals surface area (Å²) in [4.78, 5) is 10.3. The number of aryl methyl sites for hydroxylation is 1. The van der Waals surface area contributed by atoms with Gasteiger partial charge in [-0.05, 0) is 36.3 Å². The molecule has 0 fully saturated rings. The Morgan fingerprint density at radius 2 is 1.95 bits per heavy atom. The van der Waals surface area contributed by atoms with Crippen LogP contribution in [-0.2, 0) is 6.54 Å². The van der Waals surface area contributed by atoms with Crippen LogP contribution in [0.15, 0.2) is 48.5 Å². The number of benzene rings is 2. The van der Waals surface area contributed by atoms with Gasteiger partial charge >= 0.3 is 0 Å². The van der Waals surface area contributed by atoms with Crippen molar-refractivity contribution in [2.75, 3.05) is 5.32 Å². The molecule has 0 aliphatic heterocycles. The number of non-ortho nitro benzene ring substituents is 1. The summed E-state index contributed by atoms with van der Waals surface area (Å²) in [5.74, 6) is 0. The summed E-state index contributed by atoms with van der Waals surface area (Å²) >= 11 is 5.22. The maximum atomic E-state index is 10.7. The predicted octanol–water partition coefficient (Wildman–Crippen LogP) is 3.39. The number of nitrogens with zero attached hydrogens (tertiary/aromatic N) is 1. The topological polar surface area (TPSA) is 67.2 Å². The van der Waals surface area contributed by atoms with Crippen LogP contribution in [0.1, 0.15) is 11.1 Å². The molecule has 0 heterocycles. The third-order valence-electron chi connectivity index (χ3n) is 2.96. The molecule has 2 N–H and O–H groups in total. The molecule has 0 aliphatic carbocycles. The van der Waals surface area contributed by atoms with Crippen molar-refractivity contribution >= 4 is 28.7 Å². The lowest BCUT2D eigenvalue weighted by atomic mass is 10.2. The number of hydrogen-bond acceptors (Lipinski definition) is 3. The highest BCUT2D eigenvalue weighted by Crippen LogP contribution is 2.21. The van der Waals surface area contributed by atoms with Gasteiger partial charge in [0.05, 0.1) is 4.92 Å². The van der Waals surface area contributed by atoms with Gasteiger partial charge < -0.3 is 10.6 Å². The zero-order valence-corrected chi connectivity index (χ0v) is 12.3.